The first-order chi connectivity index (χ1) is 13.6. The van der Waals surface area contributed by atoms with E-state index in [1.165, 1.54) is 6.07 Å². The average Bonchev–Trinajstić information content (AvgIpc) is 3.07. The normalized spacial score (nSPS) is 15.4. The van der Waals surface area contributed by atoms with Crippen molar-refractivity contribution in [2.24, 2.45) is 0 Å². The number of nitrogens with zero attached hydrogens (tertiary/aromatic N) is 4. The van der Waals surface area contributed by atoms with Crippen molar-refractivity contribution in [1.82, 2.24) is 15.1 Å². The summed E-state index contributed by atoms with van der Waals surface area (Å²) in [4.78, 5) is 22.2. The van der Waals surface area contributed by atoms with Gasteiger partial charge in [-0.3, -0.25) is 4.79 Å². The molecule has 0 radical (unpaired) electrons. The molecule has 9 heteroatoms. The second-order valence-corrected chi connectivity index (χ2v) is 7.35. The Balaban J connectivity index is 2.00. The van der Waals surface area contributed by atoms with Crippen LogP contribution in [0.5, 0.6) is 0 Å². The number of hydrogen-bond acceptors (Lipinski definition) is 6. The smallest absolute Gasteiger partial charge is 0.270 e. The lowest BCUT2D eigenvalue weighted by Crippen LogP contribution is -2.35. The minimum absolute atomic E-state index is 0.0117. The van der Waals surface area contributed by atoms with E-state index in [1.807, 2.05) is 4.90 Å². The number of benzene rings is 1. The van der Waals surface area contributed by atoms with Gasteiger partial charge >= 0.3 is 0 Å². The third kappa shape index (κ3) is 3.45. The van der Waals surface area contributed by atoms with Crippen molar-refractivity contribution in [3.05, 3.63) is 34.9 Å². The fourth-order valence-electron chi connectivity index (χ4n) is 3.57. The van der Waals surface area contributed by atoms with Gasteiger partial charge in [0.05, 0.1) is 5.56 Å². The van der Waals surface area contributed by atoms with E-state index >= 15 is 0 Å². The number of fused-ring (bicyclic) bond motifs is 1. The first-order valence-electron chi connectivity index (χ1n) is 9.24. The zero-order chi connectivity index (χ0) is 20.9. The van der Waals surface area contributed by atoms with Gasteiger partial charge in [0.15, 0.2) is 5.82 Å². The van der Waals surface area contributed by atoms with E-state index in [0.29, 0.717) is 48.7 Å². The molecule has 1 fully saturated rings. The number of alkyl halides is 2. The summed E-state index contributed by atoms with van der Waals surface area (Å²) in [5, 5.41) is 4.06. The molecule has 3 aromatic rings. The Morgan fingerprint density at radius 3 is 2.41 bits per heavy atom. The van der Waals surface area contributed by atoms with Crippen LogP contribution >= 0.6 is 0 Å². The Morgan fingerprint density at radius 2 is 1.83 bits per heavy atom. The average molecular weight is 404 g/mol. The van der Waals surface area contributed by atoms with Crippen molar-refractivity contribution in [3.63, 3.8) is 0 Å². The molecule has 0 aliphatic carbocycles. The number of pyridine rings is 1. The first kappa shape index (κ1) is 19.4. The number of aromatic nitrogens is 3. The van der Waals surface area contributed by atoms with Crippen LogP contribution in [0.3, 0.4) is 0 Å². The first-order valence-corrected chi connectivity index (χ1v) is 9.24. The number of carbonyl (C=O) groups excluding carboxylic acids is 1. The predicted octanol–water partition coefficient (Wildman–Crippen LogP) is 4.32. The summed E-state index contributed by atoms with van der Waals surface area (Å²) < 4.78 is 47.8. The molecule has 1 saturated heterocycles. The van der Waals surface area contributed by atoms with E-state index in [4.69, 9.17) is 4.52 Å². The molecule has 29 heavy (non-hydrogen) atoms. The number of aryl methyl sites for hydroxylation is 2. The van der Waals surface area contributed by atoms with Crippen LogP contribution in [-0.4, -0.2) is 34.0 Å². The van der Waals surface area contributed by atoms with Gasteiger partial charge in [-0.15, -0.1) is 0 Å². The molecule has 0 bridgehead atoms. The zero-order valence-corrected chi connectivity index (χ0v) is 16.2. The number of ketones is 1. The maximum absolute atomic E-state index is 14.8. The van der Waals surface area contributed by atoms with Crippen molar-refractivity contribution in [1.29, 1.82) is 0 Å². The molecule has 0 amide bonds. The van der Waals surface area contributed by atoms with Crippen molar-refractivity contribution < 1.29 is 22.5 Å². The SMILES string of the molecule is Cc1noc(-c2c(N3CCC(=O)CC3)nc3c(F)cc(C(C)(F)F)cc3c2C)n1. The third-order valence-corrected chi connectivity index (χ3v) is 5.15. The van der Waals surface area contributed by atoms with Crippen LogP contribution < -0.4 is 4.90 Å². The summed E-state index contributed by atoms with van der Waals surface area (Å²) in [6.45, 7) is 4.91. The molecule has 152 valence electrons. The minimum Gasteiger partial charge on any atom is -0.355 e. The van der Waals surface area contributed by atoms with Gasteiger partial charge in [-0.25, -0.2) is 18.2 Å². The van der Waals surface area contributed by atoms with Crippen LogP contribution in [0.4, 0.5) is 19.0 Å². The van der Waals surface area contributed by atoms with Crippen molar-refractivity contribution in [2.75, 3.05) is 18.0 Å². The maximum atomic E-state index is 14.8. The van der Waals surface area contributed by atoms with Crippen LogP contribution in [0.25, 0.3) is 22.4 Å². The van der Waals surface area contributed by atoms with E-state index < -0.39 is 17.3 Å². The topological polar surface area (TPSA) is 72.1 Å². The number of Topliss-reactive ketones (excluding diaryl/α,β-unsaturated/α-hetero) is 1. The summed E-state index contributed by atoms with van der Waals surface area (Å²) in [6, 6.07) is 2.06. The van der Waals surface area contributed by atoms with Gasteiger partial charge in [-0.05, 0) is 31.5 Å². The molecule has 3 heterocycles. The molecule has 0 atom stereocenters. The molecule has 0 N–H and O–H groups in total. The van der Waals surface area contributed by atoms with Gasteiger partial charge in [0.2, 0.25) is 0 Å². The summed E-state index contributed by atoms with van der Waals surface area (Å²) in [6.07, 6.45) is 0.703. The second kappa shape index (κ2) is 6.82. The van der Waals surface area contributed by atoms with Crippen molar-refractivity contribution >= 4 is 22.5 Å². The van der Waals surface area contributed by atoms with E-state index in [0.717, 1.165) is 13.0 Å². The Morgan fingerprint density at radius 1 is 1.14 bits per heavy atom. The fraction of sp³-hybridized carbons (Fsp3) is 0.400. The van der Waals surface area contributed by atoms with Crippen LogP contribution in [-0.2, 0) is 10.7 Å². The fourth-order valence-corrected chi connectivity index (χ4v) is 3.57. The van der Waals surface area contributed by atoms with Gasteiger partial charge in [0.1, 0.15) is 22.9 Å². The van der Waals surface area contributed by atoms with E-state index in [1.54, 1.807) is 13.8 Å². The van der Waals surface area contributed by atoms with Crippen LogP contribution in [0.2, 0.25) is 0 Å². The Bertz CT molecular complexity index is 1110. The van der Waals surface area contributed by atoms with Gasteiger partial charge in [-0.2, -0.15) is 4.98 Å². The quantitative estimate of drug-likeness (QED) is 0.647. The number of hydrogen-bond donors (Lipinski definition) is 0. The largest absolute Gasteiger partial charge is 0.355 e. The number of rotatable bonds is 3. The summed E-state index contributed by atoms with van der Waals surface area (Å²) in [5.41, 5.74) is 0.526. The molecular formula is C20H19F3N4O2. The lowest BCUT2D eigenvalue weighted by molar-refractivity contribution is -0.119. The molecule has 4 rings (SSSR count). The highest BCUT2D eigenvalue weighted by Gasteiger charge is 2.30. The highest BCUT2D eigenvalue weighted by molar-refractivity contribution is 5.93. The predicted molar refractivity (Wildman–Crippen MR) is 100 cm³/mol. The van der Waals surface area contributed by atoms with E-state index in [-0.39, 0.29) is 22.6 Å². The molecule has 0 saturated carbocycles. The molecule has 1 aliphatic heterocycles. The molecule has 6 nitrogen and oxygen atoms in total. The van der Waals surface area contributed by atoms with Gasteiger partial charge in [-0.1, -0.05) is 5.16 Å². The van der Waals surface area contributed by atoms with Crippen LogP contribution in [0.1, 0.15) is 36.7 Å². The lowest BCUT2D eigenvalue weighted by atomic mass is 9.98. The standard InChI is InChI=1S/C20H19F3N4O2/c1-10-14-8-12(20(3,22)23)9-15(21)17(14)25-18(27-6-4-13(28)5-7-27)16(10)19-24-11(2)26-29-19/h8-9H,4-7H2,1-3H3. The summed E-state index contributed by atoms with van der Waals surface area (Å²) >= 11 is 0. The summed E-state index contributed by atoms with van der Waals surface area (Å²) in [5.74, 6) is -2.90. The summed E-state index contributed by atoms with van der Waals surface area (Å²) in [7, 11) is 0. The zero-order valence-electron chi connectivity index (χ0n) is 16.2. The van der Waals surface area contributed by atoms with E-state index in [9.17, 15) is 18.0 Å². The number of anilines is 1. The second-order valence-electron chi connectivity index (χ2n) is 7.35. The Labute approximate surface area is 164 Å². The van der Waals surface area contributed by atoms with E-state index in [2.05, 4.69) is 15.1 Å². The number of halogens is 3. The highest BCUT2D eigenvalue weighted by Crippen LogP contribution is 2.39. The lowest BCUT2D eigenvalue weighted by Gasteiger charge is -2.29. The molecule has 2 aromatic heterocycles. The highest BCUT2D eigenvalue weighted by atomic mass is 19.3. The molecule has 0 unspecified atom stereocenters. The van der Waals surface area contributed by atoms with Crippen molar-refractivity contribution in [2.45, 2.75) is 39.5 Å². The van der Waals surface area contributed by atoms with Gasteiger partial charge in [0, 0.05) is 43.8 Å². The van der Waals surface area contributed by atoms with Gasteiger partial charge < -0.3 is 9.42 Å². The molecular weight excluding hydrogens is 385 g/mol. The Hall–Kier alpha value is -2.97. The van der Waals surface area contributed by atoms with Crippen LogP contribution in [0, 0.1) is 19.7 Å². The maximum Gasteiger partial charge on any atom is 0.270 e. The monoisotopic (exact) mass is 404 g/mol. The van der Waals surface area contributed by atoms with Crippen LogP contribution in [0.15, 0.2) is 16.7 Å². The molecule has 0 spiro atoms. The minimum atomic E-state index is -3.20. The number of piperidine rings is 1. The van der Waals surface area contributed by atoms with Gasteiger partial charge in [0.25, 0.3) is 11.8 Å². The number of carbonyl (C=O) groups is 1. The third-order valence-electron chi connectivity index (χ3n) is 5.15. The molecule has 1 aromatic carbocycles. The Kier molecular flexibility index (Phi) is 4.55. The molecule has 1 aliphatic rings. The van der Waals surface area contributed by atoms with Crippen molar-refractivity contribution in [3.8, 4) is 11.5 Å².